The molecule has 0 aliphatic carbocycles. The summed E-state index contributed by atoms with van der Waals surface area (Å²) in [5, 5.41) is 13.0. The number of piperazine rings is 1. The number of aromatic nitrogens is 2. The fourth-order valence-electron chi connectivity index (χ4n) is 2.95. The molecule has 1 fully saturated rings. The first kappa shape index (κ1) is 20.4. The van der Waals surface area contributed by atoms with E-state index in [1.165, 1.54) is 0 Å². The van der Waals surface area contributed by atoms with Gasteiger partial charge in [-0.3, -0.25) is 19.6 Å². The van der Waals surface area contributed by atoms with Crippen LogP contribution in [0.15, 0.2) is 6.07 Å². The normalized spacial score (nSPS) is 18.8. The number of carbonyl (C=O) groups is 2. The first-order chi connectivity index (χ1) is 12.2. The van der Waals surface area contributed by atoms with Gasteiger partial charge in [0, 0.05) is 18.5 Å². The molecule has 146 valence electrons. The second-order valence-corrected chi connectivity index (χ2v) is 8.53. The number of amides is 2. The summed E-state index contributed by atoms with van der Waals surface area (Å²) in [5.74, 6) is 0.409. The van der Waals surface area contributed by atoms with Crippen molar-refractivity contribution in [2.75, 3.05) is 19.6 Å². The lowest BCUT2D eigenvalue weighted by Crippen LogP contribution is -2.56. The van der Waals surface area contributed by atoms with Crippen molar-refractivity contribution in [2.24, 2.45) is 5.92 Å². The molecular weight excluding hydrogens is 330 g/mol. The highest BCUT2D eigenvalue weighted by atomic mass is 16.2. The summed E-state index contributed by atoms with van der Waals surface area (Å²) in [5.41, 5.74) is 1.80. The lowest BCUT2D eigenvalue weighted by molar-refractivity contribution is -0.134. The number of rotatable bonds is 7. The van der Waals surface area contributed by atoms with Crippen LogP contribution in [0, 0.1) is 5.92 Å². The molecule has 2 rings (SSSR count). The quantitative estimate of drug-likeness (QED) is 0.686. The molecule has 1 saturated heterocycles. The number of aromatic amines is 1. The van der Waals surface area contributed by atoms with Crippen molar-refractivity contribution in [2.45, 2.75) is 65.5 Å². The van der Waals surface area contributed by atoms with Crippen molar-refractivity contribution in [1.29, 1.82) is 0 Å². The number of nitrogens with zero attached hydrogens (tertiary/aromatic N) is 2. The Bertz CT molecular complexity index is 618. The summed E-state index contributed by atoms with van der Waals surface area (Å²) in [7, 11) is 0. The molecule has 0 spiro atoms. The smallest absolute Gasteiger partial charge is 0.237 e. The Kier molecular flexibility index (Phi) is 6.81. The van der Waals surface area contributed by atoms with Gasteiger partial charge in [-0.1, -0.05) is 34.6 Å². The molecule has 1 aliphatic heterocycles. The minimum Gasteiger partial charge on any atom is -0.353 e. The monoisotopic (exact) mass is 363 g/mol. The predicted octanol–water partition coefficient (Wildman–Crippen LogP) is 1.56. The van der Waals surface area contributed by atoms with Gasteiger partial charge in [0.15, 0.2) is 0 Å². The van der Waals surface area contributed by atoms with Crippen LogP contribution in [0.2, 0.25) is 0 Å². The molecule has 1 aromatic rings. The Balaban J connectivity index is 1.88. The van der Waals surface area contributed by atoms with E-state index in [1.807, 2.05) is 6.07 Å². The van der Waals surface area contributed by atoms with Crippen LogP contribution in [0.5, 0.6) is 0 Å². The van der Waals surface area contributed by atoms with Crippen molar-refractivity contribution in [3.8, 4) is 0 Å². The van der Waals surface area contributed by atoms with Crippen molar-refractivity contribution in [3.05, 3.63) is 17.5 Å². The van der Waals surface area contributed by atoms with E-state index < -0.39 is 0 Å². The third-order valence-corrected chi connectivity index (χ3v) is 4.69. The zero-order chi connectivity index (χ0) is 19.3. The van der Waals surface area contributed by atoms with Gasteiger partial charge in [-0.25, -0.2) is 0 Å². The summed E-state index contributed by atoms with van der Waals surface area (Å²) >= 11 is 0. The highest BCUT2D eigenvalue weighted by Crippen LogP contribution is 2.20. The Morgan fingerprint density at radius 3 is 2.77 bits per heavy atom. The molecule has 7 nitrogen and oxygen atoms in total. The highest BCUT2D eigenvalue weighted by molar-refractivity contribution is 5.88. The number of carbonyl (C=O) groups excluding carboxylic acids is 2. The maximum Gasteiger partial charge on any atom is 0.237 e. The van der Waals surface area contributed by atoms with E-state index >= 15 is 0 Å². The molecule has 1 aliphatic rings. The number of H-pyrrole nitrogens is 1. The lowest BCUT2D eigenvalue weighted by Gasteiger charge is -2.35. The number of nitrogens with one attached hydrogen (secondary N) is 3. The van der Waals surface area contributed by atoms with Gasteiger partial charge in [-0.15, -0.1) is 0 Å². The fourth-order valence-corrected chi connectivity index (χ4v) is 2.95. The van der Waals surface area contributed by atoms with Crippen LogP contribution in [0.25, 0.3) is 0 Å². The maximum atomic E-state index is 12.4. The first-order valence-electron chi connectivity index (χ1n) is 9.50. The number of hydrogen-bond donors (Lipinski definition) is 3. The second-order valence-electron chi connectivity index (χ2n) is 8.53. The Morgan fingerprint density at radius 1 is 1.42 bits per heavy atom. The SMILES string of the molecule is CC(C)CCN1CCNC(=O)[C@H]1CC(=O)NCc1cc(C(C)(C)C)n[nH]1. The molecular formula is C19H33N5O2. The second kappa shape index (κ2) is 8.66. The van der Waals surface area contributed by atoms with Crippen molar-refractivity contribution >= 4 is 11.8 Å². The van der Waals surface area contributed by atoms with Gasteiger partial charge in [0.1, 0.15) is 0 Å². The van der Waals surface area contributed by atoms with Gasteiger partial charge in [0.2, 0.25) is 11.8 Å². The van der Waals surface area contributed by atoms with Crippen LogP contribution in [-0.4, -0.2) is 52.6 Å². The third-order valence-electron chi connectivity index (χ3n) is 4.69. The van der Waals surface area contributed by atoms with Crippen LogP contribution >= 0.6 is 0 Å². The zero-order valence-electron chi connectivity index (χ0n) is 16.7. The van der Waals surface area contributed by atoms with E-state index in [1.54, 1.807) is 0 Å². The van der Waals surface area contributed by atoms with Gasteiger partial charge >= 0.3 is 0 Å². The van der Waals surface area contributed by atoms with Crippen molar-refractivity contribution < 1.29 is 9.59 Å². The average molecular weight is 364 g/mol. The van der Waals surface area contributed by atoms with Gasteiger partial charge in [-0.05, 0) is 24.9 Å². The van der Waals surface area contributed by atoms with Crippen LogP contribution < -0.4 is 10.6 Å². The van der Waals surface area contributed by atoms with Gasteiger partial charge in [0.05, 0.1) is 30.4 Å². The molecule has 1 aromatic heterocycles. The average Bonchev–Trinajstić information content (AvgIpc) is 3.02. The Morgan fingerprint density at radius 2 is 2.15 bits per heavy atom. The molecule has 3 N–H and O–H groups in total. The molecule has 0 aromatic carbocycles. The van der Waals surface area contributed by atoms with Crippen LogP contribution in [0.1, 0.15) is 58.8 Å². The molecule has 0 radical (unpaired) electrons. The van der Waals surface area contributed by atoms with E-state index in [0.717, 1.165) is 30.9 Å². The van der Waals surface area contributed by atoms with Crippen molar-refractivity contribution in [3.63, 3.8) is 0 Å². The molecule has 7 heteroatoms. The minimum atomic E-state index is -0.380. The minimum absolute atomic E-state index is 0.0319. The highest BCUT2D eigenvalue weighted by Gasteiger charge is 2.31. The van der Waals surface area contributed by atoms with Crippen LogP contribution in [-0.2, 0) is 21.5 Å². The molecule has 0 saturated carbocycles. The summed E-state index contributed by atoms with van der Waals surface area (Å²) < 4.78 is 0. The van der Waals surface area contributed by atoms with E-state index in [0.29, 0.717) is 19.0 Å². The molecule has 1 atom stereocenters. The van der Waals surface area contributed by atoms with Crippen LogP contribution in [0.4, 0.5) is 0 Å². The standard InChI is InChI=1S/C19H33N5O2/c1-13(2)6-8-24-9-7-20-18(26)15(24)11-17(25)21-12-14-10-16(23-22-14)19(3,4)5/h10,13,15H,6-9,11-12H2,1-5H3,(H,20,26)(H,21,25)(H,22,23)/t15-/m1/s1. The van der Waals surface area contributed by atoms with E-state index in [2.05, 4.69) is 60.3 Å². The van der Waals surface area contributed by atoms with Crippen LogP contribution in [0.3, 0.4) is 0 Å². The number of hydrogen-bond acceptors (Lipinski definition) is 4. The molecule has 2 heterocycles. The van der Waals surface area contributed by atoms with Gasteiger partial charge in [0.25, 0.3) is 0 Å². The Hall–Kier alpha value is -1.89. The molecule has 2 amide bonds. The summed E-state index contributed by atoms with van der Waals surface area (Å²) in [6.07, 6.45) is 1.21. The third kappa shape index (κ3) is 5.83. The molecule has 26 heavy (non-hydrogen) atoms. The summed E-state index contributed by atoms with van der Waals surface area (Å²) in [6.45, 7) is 13.3. The largest absolute Gasteiger partial charge is 0.353 e. The van der Waals surface area contributed by atoms with Gasteiger partial charge < -0.3 is 10.6 Å². The summed E-state index contributed by atoms with van der Waals surface area (Å²) in [6, 6.07) is 1.59. The lowest BCUT2D eigenvalue weighted by atomic mass is 9.92. The predicted molar refractivity (Wildman–Crippen MR) is 102 cm³/mol. The van der Waals surface area contributed by atoms with E-state index in [4.69, 9.17) is 0 Å². The first-order valence-corrected chi connectivity index (χ1v) is 9.50. The Labute approximate surface area is 156 Å². The summed E-state index contributed by atoms with van der Waals surface area (Å²) in [4.78, 5) is 26.7. The van der Waals surface area contributed by atoms with Gasteiger partial charge in [-0.2, -0.15) is 5.10 Å². The molecule has 0 unspecified atom stereocenters. The zero-order valence-corrected chi connectivity index (χ0v) is 16.7. The van der Waals surface area contributed by atoms with E-state index in [-0.39, 0.29) is 29.7 Å². The molecule has 0 bridgehead atoms. The topological polar surface area (TPSA) is 90.1 Å². The maximum absolute atomic E-state index is 12.4. The van der Waals surface area contributed by atoms with Crippen molar-refractivity contribution in [1.82, 2.24) is 25.7 Å². The fraction of sp³-hybridized carbons (Fsp3) is 0.737. The van der Waals surface area contributed by atoms with E-state index in [9.17, 15) is 9.59 Å².